The van der Waals surface area contributed by atoms with E-state index >= 15 is 0 Å². The van der Waals surface area contributed by atoms with Gasteiger partial charge < -0.3 is 26.2 Å². The molecule has 1 aromatic rings. The van der Waals surface area contributed by atoms with Crippen molar-refractivity contribution < 1.29 is 24.0 Å². The maximum absolute atomic E-state index is 14.2. The van der Waals surface area contributed by atoms with Crippen molar-refractivity contribution >= 4 is 29.5 Å². The molecule has 5 rings (SSSR count). The fourth-order valence-corrected chi connectivity index (χ4v) is 6.88. The fourth-order valence-electron chi connectivity index (χ4n) is 6.88. The third-order valence-electron chi connectivity index (χ3n) is 9.37. The van der Waals surface area contributed by atoms with Crippen LogP contribution in [0.25, 0.3) is 0 Å². The number of hydrogen-bond acceptors (Lipinski definition) is 5. The van der Waals surface area contributed by atoms with Gasteiger partial charge in [0.1, 0.15) is 12.1 Å². The number of likely N-dealkylation sites (tertiary alicyclic amines) is 1. The van der Waals surface area contributed by atoms with Gasteiger partial charge in [0.15, 0.2) is 0 Å². The van der Waals surface area contributed by atoms with Crippen LogP contribution in [0.2, 0.25) is 0 Å². The van der Waals surface area contributed by atoms with Gasteiger partial charge in [-0.3, -0.25) is 19.2 Å². The summed E-state index contributed by atoms with van der Waals surface area (Å²) in [4.78, 5) is 68.2. The minimum Gasteiger partial charge on any atom is -0.347 e. The molecule has 228 valence electrons. The van der Waals surface area contributed by atoms with Crippen LogP contribution in [0.1, 0.15) is 83.8 Å². The molecule has 42 heavy (non-hydrogen) atoms. The average molecular weight is 580 g/mol. The molecular formula is C32H45N5O5. The Morgan fingerprint density at radius 1 is 0.905 bits per heavy atom. The first kappa shape index (κ1) is 30.0. The Hall–Kier alpha value is -3.43. The van der Waals surface area contributed by atoms with E-state index in [1.54, 1.807) is 11.8 Å². The van der Waals surface area contributed by atoms with Crippen molar-refractivity contribution in [1.29, 1.82) is 0 Å². The highest BCUT2D eigenvalue weighted by Gasteiger charge is 2.61. The molecule has 1 saturated heterocycles. The van der Waals surface area contributed by atoms with E-state index in [1.807, 2.05) is 32.9 Å². The molecule has 3 fully saturated rings. The smallest absolute Gasteiger partial charge is 0.315 e. The summed E-state index contributed by atoms with van der Waals surface area (Å²) in [5.41, 5.74) is 1.16. The summed E-state index contributed by atoms with van der Waals surface area (Å²) in [6, 6.07) is 5.13. The van der Waals surface area contributed by atoms with E-state index in [-0.39, 0.29) is 30.4 Å². The lowest BCUT2D eigenvalue weighted by atomic mass is 9.67. The Bertz CT molecular complexity index is 1220. The molecule has 10 heteroatoms. The molecule has 1 heterocycles. The summed E-state index contributed by atoms with van der Waals surface area (Å²) in [5.74, 6) is -2.11. The number of ketones is 1. The van der Waals surface area contributed by atoms with Gasteiger partial charge in [-0.1, -0.05) is 64.8 Å². The van der Waals surface area contributed by atoms with Gasteiger partial charge in [-0.15, -0.1) is 0 Å². The van der Waals surface area contributed by atoms with Crippen LogP contribution >= 0.6 is 0 Å². The second kappa shape index (κ2) is 11.7. The Kier molecular flexibility index (Phi) is 8.36. The Balaban J connectivity index is 1.36. The molecular weight excluding hydrogens is 534 g/mol. The van der Waals surface area contributed by atoms with Crippen molar-refractivity contribution in [2.24, 2.45) is 10.8 Å². The monoisotopic (exact) mass is 579 g/mol. The largest absolute Gasteiger partial charge is 0.347 e. The molecule has 10 nitrogen and oxygen atoms in total. The molecule has 0 bridgehead atoms. The third kappa shape index (κ3) is 6.17. The van der Waals surface area contributed by atoms with Crippen molar-refractivity contribution in [3.8, 4) is 0 Å². The molecule has 0 aromatic heterocycles. The van der Waals surface area contributed by atoms with Crippen molar-refractivity contribution in [3.05, 3.63) is 35.4 Å². The quantitative estimate of drug-likeness (QED) is 0.333. The number of carbonyl (C=O) groups is 5. The van der Waals surface area contributed by atoms with Gasteiger partial charge in [0.05, 0.1) is 6.04 Å². The summed E-state index contributed by atoms with van der Waals surface area (Å²) in [6.07, 6.45) is 7.23. The van der Waals surface area contributed by atoms with Crippen LogP contribution in [-0.2, 0) is 32.0 Å². The first-order chi connectivity index (χ1) is 19.9. The SMILES string of the molecule is CCC(NC(=O)C1N(C(=O)[C@@H](NC(=O)NC2CCCC2)C(C)(C)C)CC12Cc1ccccc1C2)C(=O)C(=O)NC1CC1. The highest BCUT2D eigenvalue weighted by atomic mass is 16.2. The van der Waals surface area contributed by atoms with Crippen LogP contribution in [-0.4, -0.2) is 71.2 Å². The van der Waals surface area contributed by atoms with E-state index in [9.17, 15) is 24.0 Å². The lowest BCUT2D eigenvalue weighted by Gasteiger charge is -2.56. The van der Waals surface area contributed by atoms with E-state index in [1.165, 1.54) is 0 Å². The number of urea groups is 1. The maximum atomic E-state index is 14.2. The van der Waals surface area contributed by atoms with Crippen LogP contribution in [0, 0.1) is 10.8 Å². The highest BCUT2D eigenvalue weighted by Crippen LogP contribution is 2.49. The number of rotatable bonds is 9. The number of nitrogens with one attached hydrogen (secondary N) is 4. The van der Waals surface area contributed by atoms with E-state index in [0.717, 1.165) is 49.7 Å². The third-order valence-corrected chi connectivity index (χ3v) is 9.37. The molecule has 2 saturated carbocycles. The molecule has 0 radical (unpaired) electrons. The van der Waals surface area contributed by atoms with Gasteiger partial charge in [0.2, 0.25) is 17.6 Å². The zero-order valence-corrected chi connectivity index (χ0v) is 25.3. The number of fused-ring (bicyclic) bond motifs is 1. The predicted octanol–water partition coefficient (Wildman–Crippen LogP) is 2.38. The zero-order chi connectivity index (χ0) is 30.2. The van der Waals surface area contributed by atoms with Crippen LogP contribution in [0.3, 0.4) is 0 Å². The van der Waals surface area contributed by atoms with Gasteiger partial charge in [0, 0.05) is 24.0 Å². The minimum absolute atomic E-state index is 0.0300. The molecule has 5 amide bonds. The van der Waals surface area contributed by atoms with Crippen LogP contribution in [0.15, 0.2) is 24.3 Å². The lowest BCUT2D eigenvalue weighted by Crippen LogP contribution is -2.75. The lowest BCUT2D eigenvalue weighted by molar-refractivity contribution is -0.168. The average Bonchev–Trinajstić information content (AvgIpc) is 3.41. The maximum Gasteiger partial charge on any atom is 0.315 e. The normalized spacial score (nSPS) is 22.5. The second-order valence-corrected chi connectivity index (χ2v) is 13.8. The molecule has 1 aromatic carbocycles. The summed E-state index contributed by atoms with van der Waals surface area (Å²) >= 11 is 0. The van der Waals surface area contributed by atoms with Crippen LogP contribution in [0.5, 0.6) is 0 Å². The Labute approximate surface area is 248 Å². The van der Waals surface area contributed by atoms with E-state index in [4.69, 9.17) is 0 Å². The zero-order valence-electron chi connectivity index (χ0n) is 25.3. The predicted molar refractivity (Wildman–Crippen MR) is 157 cm³/mol. The van der Waals surface area contributed by atoms with Gasteiger partial charge in [0.25, 0.3) is 5.91 Å². The van der Waals surface area contributed by atoms with E-state index in [2.05, 4.69) is 33.4 Å². The van der Waals surface area contributed by atoms with Crippen molar-refractivity contribution in [2.45, 2.75) is 116 Å². The Morgan fingerprint density at radius 2 is 1.50 bits per heavy atom. The number of carbonyl (C=O) groups excluding carboxylic acids is 5. The second-order valence-electron chi connectivity index (χ2n) is 13.8. The standard InChI is InChI=1S/C32H45N5O5/c1-5-23(24(38)27(39)33-22-14-15-22)35-28(40)26-32(16-19-10-6-7-11-20(19)17-32)18-37(26)29(41)25(31(2,3)4)36-30(42)34-21-12-8-9-13-21/h6-7,10-11,21-23,25-26H,5,8-9,12-18H2,1-4H3,(H,33,39)(H,35,40)(H2,34,36,42)/t23?,25-,26?/m1/s1. The van der Waals surface area contributed by atoms with Crippen molar-refractivity contribution in [2.75, 3.05) is 6.54 Å². The van der Waals surface area contributed by atoms with Crippen molar-refractivity contribution in [3.63, 3.8) is 0 Å². The van der Waals surface area contributed by atoms with Gasteiger partial charge in [-0.25, -0.2) is 4.79 Å². The molecule has 3 atom stereocenters. The number of nitrogens with zero attached hydrogens (tertiary/aromatic N) is 1. The van der Waals surface area contributed by atoms with Crippen LogP contribution < -0.4 is 21.3 Å². The molecule has 2 unspecified atom stereocenters. The summed E-state index contributed by atoms with van der Waals surface area (Å²) < 4.78 is 0. The molecule has 1 spiro atoms. The van der Waals surface area contributed by atoms with Crippen LogP contribution in [0.4, 0.5) is 4.79 Å². The van der Waals surface area contributed by atoms with E-state index in [0.29, 0.717) is 19.4 Å². The topological polar surface area (TPSA) is 137 Å². The number of Topliss-reactive ketones (excluding diaryl/α,β-unsaturated/α-hetero) is 1. The number of amides is 5. The first-order valence-electron chi connectivity index (χ1n) is 15.5. The molecule has 3 aliphatic carbocycles. The summed E-state index contributed by atoms with van der Waals surface area (Å²) in [6.45, 7) is 7.80. The molecule has 4 N–H and O–H groups in total. The summed E-state index contributed by atoms with van der Waals surface area (Å²) in [7, 11) is 0. The Morgan fingerprint density at radius 3 is 2.05 bits per heavy atom. The minimum atomic E-state index is -0.983. The molecule has 4 aliphatic rings. The molecule has 1 aliphatic heterocycles. The van der Waals surface area contributed by atoms with E-state index < -0.39 is 46.6 Å². The van der Waals surface area contributed by atoms with Gasteiger partial charge >= 0.3 is 6.03 Å². The summed E-state index contributed by atoms with van der Waals surface area (Å²) in [5, 5.41) is 11.5. The number of benzene rings is 1. The van der Waals surface area contributed by atoms with Crippen molar-refractivity contribution in [1.82, 2.24) is 26.2 Å². The first-order valence-corrected chi connectivity index (χ1v) is 15.5. The van der Waals surface area contributed by atoms with Gasteiger partial charge in [-0.2, -0.15) is 0 Å². The highest BCUT2D eigenvalue weighted by molar-refractivity contribution is 6.38. The number of hydrogen-bond donors (Lipinski definition) is 4. The van der Waals surface area contributed by atoms with Gasteiger partial charge in [-0.05, 0) is 61.5 Å². The fraction of sp³-hybridized carbons (Fsp3) is 0.656.